The van der Waals surface area contributed by atoms with Crippen molar-refractivity contribution in [1.82, 2.24) is 15.6 Å². The van der Waals surface area contributed by atoms with E-state index in [0.29, 0.717) is 12.4 Å². The molecule has 0 spiro atoms. The third kappa shape index (κ3) is 5.57. The minimum Gasteiger partial charge on any atom is -0.444 e. The number of benzene rings is 1. The number of hydrogen-bond donors (Lipinski definition) is 2. The highest BCUT2D eigenvalue weighted by Crippen LogP contribution is 2.19. The summed E-state index contributed by atoms with van der Waals surface area (Å²) in [6, 6.07) is 12.3. The van der Waals surface area contributed by atoms with Gasteiger partial charge in [0.1, 0.15) is 6.26 Å². The summed E-state index contributed by atoms with van der Waals surface area (Å²) in [5.41, 5.74) is 3.03. The molecule has 2 aromatic heterocycles. The molecule has 3 aromatic rings. The SMILES string of the molecule is CN=C(NCc1coc(-c2ccc(C)cc2)n1)NCc1cccs1.I. The van der Waals surface area contributed by atoms with E-state index in [-0.39, 0.29) is 24.0 Å². The first-order valence-electron chi connectivity index (χ1n) is 7.73. The number of nitrogens with zero attached hydrogens (tertiary/aromatic N) is 2. The topological polar surface area (TPSA) is 62.5 Å². The van der Waals surface area contributed by atoms with E-state index in [1.807, 2.05) is 30.3 Å². The van der Waals surface area contributed by atoms with Crippen molar-refractivity contribution < 1.29 is 4.42 Å². The van der Waals surface area contributed by atoms with E-state index in [0.717, 1.165) is 23.8 Å². The first-order valence-corrected chi connectivity index (χ1v) is 8.61. The Kier molecular flexibility index (Phi) is 7.45. The largest absolute Gasteiger partial charge is 0.444 e. The van der Waals surface area contributed by atoms with Crippen LogP contribution >= 0.6 is 35.3 Å². The van der Waals surface area contributed by atoms with Crippen LogP contribution in [0.1, 0.15) is 16.1 Å². The lowest BCUT2D eigenvalue weighted by Gasteiger charge is -2.09. The zero-order valence-corrected chi connectivity index (χ0v) is 17.3. The fourth-order valence-electron chi connectivity index (χ4n) is 2.20. The normalized spacial score (nSPS) is 11.0. The van der Waals surface area contributed by atoms with Crippen molar-refractivity contribution in [2.24, 2.45) is 4.99 Å². The predicted molar refractivity (Wildman–Crippen MR) is 113 cm³/mol. The number of oxazole rings is 1. The molecule has 0 unspecified atom stereocenters. The zero-order chi connectivity index (χ0) is 16.8. The van der Waals surface area contributed by atoms with Crippen LogP contribution in [-0.4, -0.2) is 18.0 Å². The van der Waals surface area contributed by atoms with Crippen molar-refractivity contribution in [2.45, 2.75) is 20.0 Å². The summed E-state index contributed by atoms with van der Waals surface area (Å²) in [7, 11) is 1.75. The molecule has 0 atom stereocenters. The maximum Gasteiger partial charge on any atom is 0.226 e. The average Bonchev–Trinajstić information content (AvgIpc) is 3.27. The lowest BCUT2D eigenvalue weighted by Crippen LogP contribution is -2.36. The molecule has 0 radical (unpaired) electrons. The van der Waals surface area contributed by atoms with Gasteiger partial charge >= 0.3 is 0 Å². The molecule has 7 heteroatoms. The van der Waals surface area contributed by atoms with Gasteiger partial charge in [-0.2, -0.15) is 0 Å². The molecule has 1 aromatic carbocycles. The van der Waals surface area contributed by atoms with Crippen molar-refractivity contribution in [3.63, 3.8) is 0 Å². The van der Waals surface area contributed by atoms with Crippen LogP contribution in [0.15, 0.2) is 57.5 Å². The summed E-state index contributed by atoms with van der Waals surface area (Å²) in [4.78, 5) is 10.00. The number of guanidine groups is 1. The number of aryl methyl sites for hydroxylation is 1. The maximum atomic E-state index is 5.57. The van der Waals surface area contributed by atoms with Crippen LogP contribution in [0, 0.1) is 6.92 Å². The fraction of sp³-hybridized carbons (Fsp3) is 0.222. The Morgan fingerprint density at radius 1 is 1.16 bits per heavy atom. The van der Waals surface area contributed by atoms with Gasteiger partial charge in [0, 0.05) is 17.5 Å². The van der Waals surface area contributed by atoms with Crippen molar-refractivity contribution in [2.75, 3.05) is 7.05 Å². The molecule has 2 N–H and O–H groups in total. The van der Waals surface area contributed by atoms with E-state index in [4.69, 9.17) is 4.42 Å². The number of halogens is 1. The molecule has 0 bridgehead atoms. The summed E-state index contributed by atoms with van der Waals surface area (Å²) in [6.45, 7) is 3.37. The third-order valence-corrected chi connectivity index (χ3v) is 4.40. The van der Waals surface area contributed by atoms with Crippen LogP contribution in [0.4, 0.5) is 0 Å². The second-order valence-corrected chi connectivity index (χ2v) is 6.40. The van der Waals surface area contributed by atoms with E-state index in [2.05, 4.69) is 39.0 Å². The molecule has 0 saturated carbocycles. The van der Waals surface area contributed by atoms with Crippen molar-refractivity contribution >= 4 is 41.3 Å². The molecule has 132 valence electrons. The number of aliphatic imine (C=N–C) groups is 1. The number of aromatic nitrogens is 1. The molecule has 0 fully saturated rings. The Labute approximate surface area is 168 Å². The number of hydrogen-bond acceptors (Lipinski definition) is 4. The molecule has 3 rings (SSSR count). The van der Waals surface area contributed by atoms with E-state index >= 15 is 0 Å². The monoisotopic (exact) mass is 468 g/mol. The molecule has 2 heterocycles. The van der Waals surface area contributed by atoms with E-state index in [1.165, 1.54) is 10.4 Å². The second kappa shape index (κ2) is 9.57. The molecular weight excluding hydrogens is 447 g/mol. The lowest BCUT2D eigenvalue weighted by molar-refractivity contribution is 0.572. The van der Waals surface area contributed by atoms with Gasteiger partial charge in [0.25, 0.3) is 0 Å². The molecule has 0 aliphatic carbocycles. The van der Waals surface area contributed by atoms with Gasteiger partial charge in [-0.05, 0) is 30.5 Å². The Morgan fingerprint density at radius 2 is 1.92 bits per heavy atom. The first kappa shape index (κ1) is 19.5. The van der Waals surface area contributed by atoms with Crippen molar-refractivity contribution in [3.8, 4) is 11.5 Å². The van der Waals surface area contributed by atoms with Gasteiger partial charge in [0.05, 0.1) is 18.8 Å². The molecule has 0 aliphatic heterocycles. The van der Waals surface area contributed by atoms with Gasteiger partial charge in [0.15, 0.2) is 5.96 Å². The Hall–Kier alpha value is -1.87. The van der Waals surface area contributed by atoms with Crippen molar-refractivity contribution in [3.05, 3.63) is 64.2 Å². The Morgan fingerprint density at radius 3 is 2.60 bits per heavy atom. The Bertz CT molecular complexity index is 797. The quantitative estimate of drug-likeness (QED) is 0.335. The molecule has 0 aliphatic rings. The number of rotatable bonds is 5. The molecular formula is C18H21IN4OS. The van der Waals surface area contributed by atoms with Crippen LogP contribution in [0.5, 0.6) is 0 Å². The van der Waals surface area contributed by atoms with Crippen LogP contribution in [0.2, 0.25) is 0 Å². The average molecular weight is 468 g/mol. The Balaban J connectivity index is 0.00000225. The van der Waals surface area contributed by atoms with Gasteiger partial charge in [-0.15, -0.1) is 35.3 Å². The summed E-state index contributed by atoms with van der Waals surface area (Å²) >= 11 is 1.72. The van der Waals surface area contributed by atoms with Gasteiger partial charge in [0.2, 0.25) is 5.89 Å². The standard InChI is InChI=1S/C18H20N4OS.HI/c1-13-5-7-14(8-6-13)17-22-15(12-23-17)10-20-18(19-2)21-11-16-4-3-9-24-16;/h3-9,12H,10-11H2,1-2H3,(H2,19,20,21);1H. The highest BCUT2D eigenvalue weighted by atomic mass is 127. The maximum absolute atomic E-state index is 5.57. The van der Waals surface area contributed by atoms with Crippen LogP contribution in [0.3, 0.4) is 0 Å². The zero-order valence-electron chi connectivity index (χ0n) is 14.2. The van der Waals surface area contributed by atoms with E-state index < -0.39 is 0 Å². The smallest absolute Gasteiger partial charge is 0.226 e. The van der Waals surface area contributed by atoms with E-state index in [1.54, 1.807) is 24.6 Å². The summed E-state index contributed by atoms with van der Waals surface area (Å²) in [5.74, 6) is 1.37. The summed E-state index contributed by atoms with van der Waals surface area (Å²) in [6.07, 6.45) is 1.68. The minimum atomic E-state index is 0. The van der Waals surface area contributed by atoms with Crippen LogP contribution < -0.4 is 10.6 Å². The predicted octanol–water partition coefficient (Wildman–Crippen LogP) is 4.19. The van der Waals surface area contributed by atoms with Gasteiger partial charge < -0.3 is 15.1 Å². The van der Waals surface area contributed by atoms with Gasteiger partial charge in [-0.1, -0.05) is 23.8 Å². The number of thiophene rings is 1. The van der Waals surface area contributed by atoms with Crippen molar-refractivity contribution in [1.29, 1.82) is 0 Å². The summed E-state index contributed by atoms with van der Waals surface area (Å²) < 4.78 is 5.57. The molecule has 0 saturated heterocycles. The fourth-order valence-corrected chi connectivity index (χ4v) is 2.84. The number of nitrogens with one attached hydrogen (secondary N) is 2. The second-order valence-electron chi connectivity index (χ2n) is 5.37. The highest BCUT2D eigenvalue weighted by Gasteiger charge is 2.07. The first-order chi connectivity index (χ1) is 11.7. The third-order valence-electron chi connectivity index (χ3n) is 3.52. The molecule has 0 amide bonds. The van der Waals surface area contributed by atoms with Gasteiger partial charge in [-0.3, -0.25) is 4.99 Å². The van der Waals surface area contributed by atoms with Gasteiger partial charge in [-0.25, -0.2) is 4.98 Å². The lowest BCUT2D eigenvalue weighted by atomic mass is 10.1. The van der Waals surface area contributed by atoms with Crippen LogP contribution in [-0.2, 0) is 13.1 Å². The minimum absolute atomic E-state index is 0. The highest BCUT2D eigenvalue weighted by molar-refractivity contribution is 14.0. The summed E-state index contributed by atoms with van der Waals surface area (Å²) in [5, 5.41) is 8.59. The van der Waals surface area contributed by atoms with Crippen LogP contribution in [0.25, 0.3) is 11.5 Å². The molecule has 5 nitrogen and oxygen atoms in total. The molecule has 25 heavy (non-hydrogen) atoms. The van der Waals surface area contributed by atoms with E-state index in [9.17, 15) is 0 Å².